The van der Waals surface area contributed by atoms with E-state index in [0.717, 1.165) is 0 Å². The minimum absolute atomic E-state index is 0.189. The molecule has 1 atom stereocenters. The Labute approximate surface area is 242 Å². The van der Waals surface area contributed by atoms with E-state index < -0.39 is 0 Å². The van der Waals surface area contributed by atoms with Gasteiger partial charge < -0.3 is 8.98 Å². The third-order valence-corrected chi connectivity index (χ3v) is 7.52. The SMILES string of the molecule is CC(C)c1c(-c2ccc(=O)n(CCC(C)c3c(-c4ccco4)nc4c(C#N)c[nH]n4c3=O)c2)nc2c(C#N)c[nH]n2c1=O. The molecular weight excluding hydrogens is 550 g/mol. The number of aromatic nitrogens is 7. The van der Waals surface area contributed by atoms with Gasteiger partial charge in [-0.3, -0.25) is 24.6 Å². The lowest BCUT2D eigenvalue weighted by Gasteiger charge is -2.16. The summed E-state index contributed by atoms with van der Waals surface area (Å²) in [5.74, 6) is -0.169. The molecule has 6 heterocycles. The second kappa shape index (κ2) is 10.5. The van der Waals surface area contributed by atoms with Crippen LogP contribution >= 0.6 is 0 Å². The average molecular weight is 576 g/mol. The van der Waals surface area contributed by atoms with Gasteiger partial charge in [0.1, 0.15) is 29.0 Å². The van der Waals surface area contributed by atoms with Gasteiger partial charge in [-0.25, -0.2) is 19.0 Å². The molecule has 0 fully saturated rings. The average Bonchev–Trinajstić information content (AvgIpc) is 3.76. The molecule has 2 N–H and O–H groups in total. The number of aryl methyl sites for hydroxylation is 1. The van der Waals surface area contributed by atoms with E-state index in [4.69, 9.17) is 4.42 Å². The van der Waals surface area contributed by atoms with Gasteiger partial charge in [0.05, 0.1) is 17.5 Å². The molecule has 6 rings (SSSR count). The Kier molecular flexibility index (Phi) is 6.63. The molecule has 0 spiro atoms. The quantitative estimate of drug-likeness (QED) is 0.290. The number of aromatic amines is 2. The number of rotatable bonds is 7. The number of hydrogen-bond donors (Lipinski definition) is 2. The maximum atomic E-state index is 13.6. The third-order valence-electron chi connectivity index (χ3n) is 7.52. The first-order valence-corrected chi connectivity index (χ1v) is 13.6. The molecule has 0 amide bonds. The summed E-state index contributed by atoms with van der Waals surface area (Å²) < 4.78 is 9.57. The molecule has 6 aromatic rings. The van der Waals surface area contributed by atoms with Crippen molar-refractivity contribution in [1.82, 2.24) is 33.8 Å². The Balaban J connectivity index is 1.40. The standard InChI is InChI=1S/C30H25N9O4/c1-16(2)23-25(35-27-19(11-31)13-33-38(27)29(23)41)18-6-7-22(40)37(15-18)9-8-17(3)24-26(21-5-4-10-43-21)36-28-20(12-32)14-34-39(28)30(24)42/h4-7,10,13-17,33-34H,8-9H2,1-3H3. The van der Waals surface area contributed by atoms with Gasteiger partial charge in [-0.05, 0) is 36.5 Å². The predicted octanol–water partition coefficient (Wildman–Crippen LogP) is 3.51. The molecule has 0 aliphatic heterocycles. The third kappa shape index (κ3) is 4.44. The van der Waals surface area contributed by atoms with Crippen LogP contribution in [0.4, 0.5) is 0 Å². The first-order valence-electron chi connectivity index (χ1n) is 13.6. The summed E-state index contributed by atoms with van der Waals surface area (Å²) in [5, 5.41) is 24.6. The van der Waals surface area contributed by atoms with Crippen LogP contribution in [-0.4, -0.2) is 33.8 Å². The summed E-state index contributed by atoms with van der Waals surface area (Å²) in [4.78, 5) is 49.2. The first-order chi connectivity index (χ1) is 20.7. The van der Waals surface area contributed by atoms with Crippen molar-refractivity contribution in [1.29, 1.82) is 10.5 Å². The van der Waals surface area contributed by atoms with Crippen LogP contribution in [0.15, 0.2) is 67.9 Å². The fraction of sp³-hybridized carbons (Fsp3) is 0.233. The number of fused-ring (bicyclic) bond motifs is 2. The molecule has 13 heteroatoms. The topological polar surface area (TPSA) is 183 Å². The fourth-order valence-corrected chi connectivity index (χ4v) is 5.33. The Morgan fingerprint density at radius 3 is 2.09 bits per heavy atom. The molecule has 0 bridgehead atoms. The van der Waals surface area contributed by atoms with Crippen LogP contribution in [0.1, 0.15) is 61.3 Å². The van der Waals surface area contributed by atoms with Crippen molar-refractivity contribution >= 4 is 11.3 Å². The van der Waals surface area contributed by atoms with E-state index in [1.54, 1.807) is 24.4 Å². The van der Waals surface area contributed by atoms with Crippen LogP contribution in [0.3, 0.4) is 0 Å². The molecule has 0 saturated carbocycles. The molecule has 43 heavy (non-hydrogen) atoms. The summed E-state index contributed by atoms with van der Waals surface area (Å²) in [7, 11) is 0. The number of hydrogen-bond acceptors (Lipinski definition) is 8. The maximum absolute atomic E-state index is 13.6. The summed E-state index contributed by atoms with van der Waals surface area (Å²) in [5.41, 5.74) is 2.00. The van der Waals surface area contributed by atoms with Gasteiger partial charge in [0.15, 0.2) is 17.1 Å². The lowest BCUT2D eigenvalue weighted by atomic mass is 9.96. The zero-order valence-corrected chi connectivity index (χ0v) is 23.5. The van der Waals surface area contributed by atoms with E-state index in [9.17, 15) is 24.9 Å². The van der Waals surface area contributed by atoms with E-state index in [-0.39, 0.29) is 57.5 Å². The van der Waals surface area contributed by atoms with Gasteiger partial charge in [-0.2, -0.15) is 10.5 Å². The Hall–Kier alpha value is -5.95. The second-order valence-corrected chi connectivity index (χ2v) is 10.5. The van der Waals surface area contributed by atoms with Crippen molar-refractivity contribution in [2.24, 2.45) is 0 Å². The molecular formula is C30H25N9O4. The van der Waals surface area contributed by atoms with Gasteiger partial charge in [-0.1, -0.05) is 20.8 Å². The number of H-pyrrole nitrogens is 2. The van der Waals surface area contributed by atoms with Crippen molar-refractivity contribution in [3.63, 3.8) is 0 Å². The van der Waals surface area contributed by atoms with Crippen molar-refractivity contribution in [3.8, 4) is 34.8 Å². The molecule has 214 valence electrons. The smallest absolute Gasteiger partial charge is 0.276 e. The monoisotopic (exact) mass is 575 g/mol. The van der Waals surface area contributed by atoms with Crippen LogP contribution in [-0.2, 0) is 6.54 Å². The Morgan fingerprint density at radius 1 is 0.884 bits per heavy atom. The van der Waals surface area contributed by atoms with Gasteiger partial charge in [0.2, 0.25) is 0 Å². The van der Waals surface area contributed by atoms with Gasteiger partial charge >= 0.3 is 0 Å². The predicted molar refractivity (Wildman–Crippen MR) is 156 cm³/mol. The molecule has 6 aromatic heterocycles. The van der Waals surface area contributed by atoms with Gasteiger partial charge in [0.25, 0.3) is 16.7 Å². The van der Waals surface area contributed by atoms with Crippen LogP contribution in [0.5, 0.6) is 0 Å². The highest BCUT2D eigenvalue weighted by atomic mass is 16.3. The van der Waals surface area contributed by atoms with Gasteiger partial charge in [0, 0.05) is 42.3 Å². The number of pyridine rings is 1. The fourth-order valence-electron chi connectivity index (χ4n) is 5.33. The summed E-state index contributed by atoms with van der Waals surface area (Å²) in [6.45, 7) is 5.87. The number of nitrogens with zero attached hydrogens (tertiary/aromatic N) is 7. The zero-order valence-electron chi connectivity index (χ0n) is 23.5. The van der Waals surface area contributed by atoms with Crippen LogP contribution in [0.25, 0.3) is 34.0 Å². The van der Waals surface area contributed by atoms with E-state index in [0.29, 0.717) is 40.3 Å². The van der Waals surface area contributed by atoms with Crippen LogP contribution in [0, 0.1) is 22.7 Å². The Bertz CT molecular complexity index is 2280. The molecule has 0 saturated heterocycles. The minimum Gasteiger partial charge on any atom is -0.463 e. The highest BCUT2D eigenvalue weighted by Gasteiger charge is 2.24. The summed E-state index contributed by atoms with van der Waals surface area (Å²) >= 11 is 0. The normalized spacial score (nSPS) is 12.1. The lowest BCUT2D eigenvalue weighted by molar-refractivity contribution is 0.551. The summed E-state index contributed by atoms with van der Waals surface area (Å²) in [6.07, 6.45) is 6.36. The van der Waals surface area contributed by atoms with Crippen molar-refractivity contribution in [2.75, 3.05) is 0 Å². The second-order valence-electron chi connectivity index (χ2n) is 10.5. The summed E-state index contributed by atoms with van der Waals surface area (Å²) in [6, 6.07) is 10.5. The number of nitrogens with one attached hydrogen (secondary N) is 2. The first kappa shape index (κ1) is 27.2. The highest BCUT2D eigenvalue weighted by Crippen LogP contribution is 2.29. The van der Waals surface area contributed by atoms with Gasteiger partial charge in [-0.15, -0.1) is 0 Å². The highest BCUT2D eigenvalue weighted by molar-refractivity contribution is 5.68. The molecule has 1 unspecified atom stereocenters. The number of nitriles is 2. The Morgan fingerprint density at radius 2 is 1.51 bits per heavy atom. The molecule has 0 radical (unpaired) electrons. The van der Waals surface area contributed by atoms with E-state index in [1.165, 1.54) is 38.3 Å². The minimum atomic E-state index is -0.371. The maximum Gasteiger partial charge on any atom is 0.276 e. The molecule has 0 aromatic carbocycles. The molecule has 0 aliphatic carbocycles. The lowest BCUT2D eigenvalue weighted by Crippen LogP contribution is -2.25. The molecule has 13 nitrogen and oxygen atoms in total. The van der Waals surface area contributed by atoms with E-state index in [1.807, 2.05) is 32.9 Å². The number of furan rings is 1. The van der Waals surface area contributed by atoms with Crippen molar-refractivity contribution in [2.45, 2.75) is 45.6 Å². The zero-order chi connectivity index (χ0) is 30.4. The van der Waals surface area contributed by atoms with E-state index in [2.05, 4.69) is 20.2 Å². The van der Waals surface area contributed by atoms with E-state index >= 15 is 0 Å². The van der Waals surface area contributed by atoms with Crippen LogP contribution in [0.2, 0.25) is 0 Å². The largest absolute Gasteiger partial charge is 0.463 e. The van der Waals surface area contributed by atoms with Crippen LogP contribution < -0.4 is 16.7 Å². The van der Waals surface area contributed by atoms with Crippen molar-refractivity contribution < 1.29 is 4.42 Å². The van der Waals surface area contributed by atoms with Crippen molar-refractivity contribution in [3.05, 3.63) is 102 Å². The molecule has 0 aliphatic rings.